The maximum atomic E-state index is 13.4. The van der Waals surface area contributed by atoms with Gasteiger partial charge in [0.05, 0.1) is 12.1 Å². The lowest BCUT2D eigenvalue weighted by atomic mass is 9.72. The Hall–Kier alpha value is -2.88. The number of carbonyl (C=O) groups excluding carboxylic acids is 2. The number of aliphatic hydroxyl groups excluding tert-OH is 1. The van der Waals surface area contributed by atoms with Crippen LogP contribution in [0.1, 0.15) is 61.7 Å². The first-order chi connectivity index (χ1) is 16.8. The van der Waals surface area contributed by atoms with Gasteiger partial charge in [0.2, 0.25) is 0 Å². The van der Waals surface area contributed by atoms with Crippen molar-refractivity contribution in [3.05, 3.63) is 64.7 Å². The number of rotatable bonds is 4. The molecule has 192 valence electrons. The second kappa shape index (κ2) is 9.54. The molecule has 0 aliphatic carbocycles. The van der Waals surface area contributed by atoms with Crippen molar-refractivity contribution in [3.8, 4) is 0 Å². The minimum Gasteiger partial charge on any atom is -0.444 e. The van der Waals surface area contributed by atoms with Crippen molar-refractivity contribution in [3.63, 3.8) is 0 Å². The molecule has 2 amide bonds. The van der Waals surface area contributed by atoms with E-state index in [0.29, 0.717) is 30.5 Å². The summed E-state index contributed by atoms with van der Waals surface area (Å²) >= 11 is 0. The molecule has 9 heteroatoms. The summed E-state index contributed by atoms with van der Waals surface area (Å²) in [5.41, 5.74) is 2.47. The molecule has 0 unspecified atom stereocenters. The Morgan fingerprint density at radius 3 is 2.47 bits per heavy atom. The van der Waals surface area contributed by atoms with Gasteiger partial charge in [-0.05, 0) is 55.4 Å². The predicted octanol–water partition coefficient (Wildman–Crippen LogP) is 1.82. The maximum absolute atomic E-state index is 13.4. The number of carbonyl (C=O) groups is 2. The largest absolute Gasteiger partial charge is 0.488 e. The van der Waals surface area contributed by atoms with Crippen LogP contribution in [0.25, 0.3) is 0 Å². The van der Waals surface area contributed by atoms with E-state index in [1.807, 2.05) is 38.1 Å². The van der Waals surface area contributed by atoms with Crippen molar-refractivity contribution < 1.29 is 29.5 Å². The lowest BCUT2D eigenvalue weighted by Gasteiger charge is -2.44. The molecule has 2 aliphatic heterocycles. The van der Waals surface area contributed by atoms with Crippen LogP contribution in [0.5, 0.6) is 0 Å². The van der Waals surface area contributed by atoms with E-state index in [0.717, 1.165) is 16.7 Å². The number of benzene rings is 2. The highest BCUT2D eigenvalue weighted by Crippen LogP contribution is 2.34. The molecule has 2 aromatic carbocycles. The van der Waals surface area contributed by atoms with Crippen molar-refractivity contribution >= 4 is 24.6 Å². The minimum absolute atomic E-state index is 0.0538. The third-order valence-electron chi connectivity index (χ3n) is 6.94. The third kappa shape index (κ3) is 5.28. The average Bonchev–Trinajstić information content (AvgIpc) is 2.80. The first-order valence-electron chi connectivity index (χ1n) is 12.3. The number of aliphatic hydroxyl groups is 1. The molecule has 2 atom stereocenters. The third-order valence-corrected chi connectivity index (χ3v) is 6.94. The van der Waals surface area contributed by atoms with Crippen LogP contribution in [-0.4, -0.2) is 74.9 Å². The molecule has 0 saturated carbocycles. The smallest absolute Gasteiger partial charge is 0.444 e. The molecular weight excluding hydrogens is 459 g/mol. The molecular formula is C27H35BN2O6. The van der Waals surface area contributed by atoms with E-state index in [1.165, 1.54) is 6.07 Å². The molecule has 0 aromatic heterocycles. The van der Waals surface area contributed by atoms with E-state index in [1.54, 1.807) is 42.7 Å². The van der Waals surface area contributed by atoms with Crippen LogP contribution >= 0.6 is 0 Å². The van der Waals surface area contributed by atoms with Crippen molar-refractivity contribution in [2.24, 2.45) is 0 Å². The highest BCUT2D eigenvalue weighted by atomic mass is 16.6. The first-order valence-corrected chi connectivity index (χ1v) is 12.3. The SMILES string of the molecule is CC(C)(C)OC(=O)N1Cc2ccccc2C[C@H]1[C@H](O)CN1CC(C)(C)c2cc(B(O)O)ccc2C1=O. The highest BCUT2D eigenvalue weighted by molar-refractivity contribution is 6.58. The van der Waals surface area contributed by atoms with Crippen molar-refractivity contribution in [1.29, 1.82) is 0 Å². The van der Waals surface area contributed by atoms with Crippen LogP contribution in [-0.2, 0) is 23.1 Å². The van der Waals surface area contributed by atoms with Crippen LogP contribution in [0.4, 0.5) is 4.79 Å². The van der Waals surface area contributed by atoms with Crippen LogP contribution in [0.2, 0.25) is 0 Å². The number of amides is 2. The molecule has 2 heterocycles. The number of β-amino-alcohol motifs (C(OH)–C–C–N with tert-alkyl or cyclic N) is 1. The standard InChI is InChI=1S/C27H35BN2O6/c1-26(2,3)36-25(33)30-14-18-9-7-6-8-17(18)12-22(30)23(31)15-29-16-27(4,5)21-13-19(28(34)35)10-11-20(21)24(29)32/h6-11,13,22-23,31,34-35H,12,14-16H2,1-5H3/t22-,23+/m0/s1. The molecule has 4 rings (SSSR count). The summed E-state index contributed by atoms with van der Waals surface area (Å²) in [7, 11) is -1.62. The maximum Gasteiger partial charge on any atom is 0.488 e. The number of ether oxygens (including phenoxy) is 1. The van der Waals surface area contributed by atoms with Crippen LogP contribution in [0, 0.1) is 0 Å². The van der Waals surface area contributed by atoms with E-state index in [-0.39, 0.29) is 12.5 Å². The lowest BCUT2D eigenvalue weighted by Crippen LogP contribution is -2.57. The van der Waals surface area contributed by atoms with Crippen LogP contribution < -0.4 is 5.46 Å². The Balaban J connectivity index is 1.60. The van der Waals surface area contributed by atoms with Gasteiger partial charge >= 0.3 is 13.2 Å². The second-order valence-electron chi connectivity index (χ2n) is 11.5. The molecule has 8 nitrogen and oxygen atoms in total. The normalized spacial score (nSPS) is 19.9. The average molecular weight is 494 g/mol. The van der Waals surface area contributed by atoms with E-state index in [9.17, 15) is 24.7 Å². The summed E-state index contributed by atoms with van der Waals surface area (Å²) in [6, 6.07) is 12.1. The van der Waals surface area contributed by atoms with Gasteiger partial charge in [-0.25, -0.2) is 4.79 Å². The van der Waals surface area contributed by atoms with E-state index >= 15 is 0 Å². The van der Waals surface area contributed by atoms with Gasteiger partial charge in [-0.2, -0.15) is 0 Å². The Morgan fingerprint density at radius 1 is 1.17 bits per heavy atom. The Bertz CT molecular complexity index is 1160. The summed E-state index contributed by atoms with van der Waals surface area (Å²) < 4.78 is 5.65. The fourth-order valence-corrected chi connectivity index (χ4v) is 5.18. The predicted molar refractivity (Wildman–Crippen MR) is 137 cm³/mol. The van der Waals surface area contributed by atoms with Gasteiger partial charge in [0.1, 0.15) is 5.60 Å². The van der Waals surface area contributed by atoms with Gasteiger partial charge in [0.25, 0.3) is 5.91 Å². The molecule has 0 fully saturated rings. The number of hydrogen-bond acceptors (Lipinski definition) is 6. The zero-order valence-electron chi connectivity index (χ0n) is 21.6. The Kier molecular flexibility index (Phi) is 6.94. The van der Waals surface area contributed by atoms with Gasteiger partial charge in [0.15, 0.2) is 0 Å². The fourth-order valence-electron chi connectivity index (χ4n) is 5.18. The quantitative estimate of drug-likeness (QED) is 0.560. The molecule has 0 saturated heterocycles. The zero-order chi connectivity index (χ0) is 26.4. The molecule has 0 spiro atoms. The van der Waals surface area contributed by atoms with Gasteiger partial charge in [-0.15, -0.1) is 0 Å². The Morgan fingerprint density at radius 2 is 1.83 bits per heavy atom. The van der Waals surface area contributed by atoms with Gasteiger partial charge in [0, 0.05) is 30.6 Å². The molecule has 0 bridgehead atoms. The van der Waals surface area contributed by atoms with E-state index < -0.39 is 36.4 Å². The first kappa shape index (κ1) is 26.2. The summed E-state index contributed by atoms with van der Waals surface area (Å²) in [5, 5.41) is 30.6. The Labute approximate surface area is 212 Å². The van der Waals surface area contributed by atoms with Crippen LogP contribution in [0.15, 0.2) is 42.5 Å². The van der Waals surface area contributed by atoms with Crippen molar-refractivity contribution in [2.45, 2.75) is 70.7 Å². The fraction of sp³-hybridized carbons (Fsp3) is 0.481. The summed E-state index contributed by atoms with van der Waals surface area (Å²) in [4.78, 5) is 29.7. The minimum atomic E-state index is -1.62. The van der Waals surface area contributed by atoms with E-state index in [4.69, 9.17) is 4.74 Å². The number of hydrogen-bond donors (Lipinski definition) is 3. The van der Waals surface area contributed by atoms with Gasteiger partial charge in [-0.3, -0.25) is 9.69 Å². The van der Waals surface area contributed by atoms with Crippen molar-refractivity contribution in [1.82, 2.24) is 9.80 Å². The van der Waals surface area contributed by atoms with Gasteiger partial charge in [-0.1, -0.05) is 50.2 Å². The molecule has 2 aliphatic rings. The summed E-state index contributed by atoms with van der Waals surface area (Å²) in [6.07, 6.45) is -1.03. The molecule has 2 aromatic rings. The lowest BCUT2D eigenvalue weighted by molar-refractivity contribution is -0.0193. The summed E-state index contributed by atoms with van der Waals surface area (Å²) in [5.74, 6) is -0.234. The van der Waals surface area contributed by atoms with E-state index in [2.05, 4.69) is 0 Å². The zero-order valence-corrected chi connectivity index (χ0v) is 21.6. The number of fused-ring (bicyclic) bond motifs is 2. The van der Waals surface area contributed by atoms with Crippen LogP contribution in [0.3, 0.4) is 0 Å². The molecule has 3 N–H and O–H groups in total. The number of nitrogens with zero attached hydrogens (tertiary/aromatic N) is 2. The monoisotopic (exact) mass is 494 g/mol. The highest BCUT2D eigenvalue weighted by Gasteiger charge is 2.41. The topological polar surface area (TPSA) is 111 Å². The van der Waals surface area contributed by atoms with Gasteiger partial charge < -0.3 is 24.8 Å². The molecule has 36 heavy (non-hydrogen) atoms. The second-order valence-corrected chi connectivity index (χ2v) is 11.5. The van der Waals surface area contributed by atoms with Crippen molar-refractivity contribution in [2.75, 3.05) is 13.1 Å². The summed E-state index contributed by atoms with van der Waals surface area (Å²) in [6.45, 7) is 10.1. The molecule has 0 radical (unpaired) electrons.